The van der Waals surface area contributed by atoms with E-state index in [1.165, 1.54) is 6.08 Å². The maximum atomic E-state index is 12.8. The van der Waals surface area contributed by atoms with Gasteiger partial charge in [0.05, 0.1) is 29.7 Å². The van der Waals surface area contributed by atoms with E-state index in [1.807, 2.05) is 13.0 Å². The predicted octanol–water partition coefficient (Wildman–Crippen LogP) is 6.14. The SMILES string of the molecule is C/C=C\SC(C1=NCC(C(/C=C\CC(F)F)=NC)=C2CC(NC(=O)CCC(O)CCCC)CN12)C(C)CC. The first-order chi connectivity index (χ1) is 18.2. The number of amidine groups is 1. The Bertz CT molecular complexity index is 916. The maximum absolute atomic E-state index is 12.8. The molecule has 2 heterocycles. The second-order valence-corrected chi connectivity index (χ2v) is 11.1. The Morgan fingerprint density at radius 3 is 2.74 bits per heavy atom. The third-order valence-electron chi connectivity index (χ3n) is 7.07. The standard InChI is InChI=1S/C29H46F2N4O2S/c1-6-9-11-22(36)14-15-27(37)34-21-17-25-23(24(32-5)12-10-13-26(30)31)18-33-29(35(25)19-21)28(20(4)8-3)38-16-7-2/h7,10,12,16,20-22,26,28,36H,6,8-9,11,13-15,17-19H2,1-5H3,(H,34,37)/b12-10-,16-7-,32-24?. The summed E-state index contributed by atoms with van der Waals surface area (Å²) in [5, 5.41) is 15.6. The number of nitrogens with one attached hydrogen (secondary N) is 1. The molecular weight excluding hydrogens is 506 g/mol. The molecule has 2 rings (SSSR count). The first-order valence-corrected chi connectivity index (χ1v) is 14.9. The summed E-state index contributed by atoms with van der Waals surface area (Å²) in [5.74, 6) is 1.33. The van der Waals surface area contributed by atoms with Gasteiger partial charge in [0.2, 0.25) is 12.3 Å². The molecule has 1 amide bonds. The van der Waals surface area contributed by atoms with Crippen molar-refractivity contribution in [3.8, 4) is 0 Å². The fourth-order valence-corrected chi connectivity index (χ4v) is 5.87. The Labute approximate surface area is 231 Å². The van der Waals surface area contributed by atoms with E-state index in [0.717, 1.165) is 42.8 Å². The molecule has 0 saturated carbocycles. The van der Waals surface area contributed by atoms with Crippen molar-refractivity contribution >= 4 is 29.2 Å². The lowest BCUT2D eigenvalue weighted by atomic mass is 9.99. The van der Waals surface area contributed by atoms with Crippen LogP contribution in [-0.4, -0.2) is 71.4 Å². The van der Waals surface area contributed by atoms with Gasteiger partial charge < -0.3 is 15.3 Å². The molecule has 2 aliphatic heterocycles. The molecule has 1 fully saturated rings. The van der Waals surface area contributed by atoms with Crippen LogP contribution in [0.4, 0.5) is 8.78 Å². The maximum Gasteiger partial charge on any atom is 0.242 e. The van der Waals surface area contributed by atoms with Crippen molar-refractivity contribution in [2.75, 3.05) is 20.1 Å². The number of halogens is 2. The fraction of sp³-hybridized carbons (Fsp3) is 0.690. The van der Waals surface area contributed by atoms with E-state index in [9.17, 15) is 18.7 Å². The molecule has 9 heteroatoms. The lowest BCUT2D eigenvalue weighted by Gasteiger charge is -2.35. The Balaban J connectivity index is 2.28. The number of carbonyl (C=O) groups excluding carboxylic acids is 1. The third-order valence-corrected chi connectivity index (χ3v) is 8.47. The first-order valence-electron chi connectivity index (χ1n) is 13.9. The van der Waals surface area contributed by atoms with E-state index in [4.69, 9.17) is 4.99 Å². The van der Waals surface area contributed by atoms with Crippen LogP contribution in [0.5, 0.6) is 0 Å². The number of unbranched alkanes of at least 4 members (excludes halogenated alkanes) is 1. The molecule has 214 valence electrons. The molecule has 2 aliphatic rings. The van der Waals surface area contributed by atoms with Gasteiger partial charge in [0, 0.05) is 44.1 Å². The molecule has 0 bridgehead atoms. The Hall–Kier alpha value is -2.00. The van der Waals surface area contributed by atoms with Gasteiger partial charge >= 0.3 is 0 Å². The van der Waals surface area contributed by atoms with Gasteiger partial charge in [-0.15, -0.1) is 11.8 Å². The van der Waals surface area contributed by atoms with Crippen molar-refractivity contribution in [2.45, 2.75) is 103 Å². The zero-order valence-electron chi connectivity index (χ0n) is 23.6. The minimum atomic E-state index is -2.40. The minimum absolute atomic E-state index is 0.0611. The van der Waals surface area contributed by atoms with Crippen LogP contribution in [0.15, 0.2) is 44.9 Å². The van der Waals surface area contributed by atoms with Crippen LogP contribution >= 0.6 is 11.8 Å². The normalized spacial score (nSPS) is 20.9. The van der Waals surface area contributed by atoms with E-state index in [1.54, 1.807) is 24.9 Å². The van der Waals surface area contributed by atoms with Gasteiger partial charge in [-0.2, -0.15) is 0 Å². The van der Waals surface area contributed by atoms with Crippen molar-refractivity contribution in [2.24, 2.45) is 15.9 Å². The number of rotatable bonds is 16. The van der Waals surface area contributed by atoms with E-state index in [-0.39, 0.29) is 23.6 Å². The number of aliphatic hydroxyl groups excluding tert-OH is 1. The van der Waals surface area contributed by atoms with Crippen LogP contribution in [0.1, 0.15) is 79.1 Å². The number of fused-ring (bicyclic) bond motifs is 1. The zero-order valence-corrected chi connectivity index (χ0v) is 24.4. The average molecular weight is 553 g/mol. The van der Waals surface area contributed by atoms with Crippen LogP contribution in [0.2, 0.25) is 0 Å². The van der Waals surface area contributed by atoms with Crippen LogP contribution in [0.3, 0.4) is 0 Å². The molecule has 0 radical (unpaired) electrons. The van der Waals surface area contributed by atoms with E-state index < -0.39 is 12.5 Å². The number of nitrogens with zero attached hydrogens (tertiary/aromatic N) is 3. The highest BCUT2D eigenvalue weighted by Crippen LogP contribution is 2.36. The summed E-state index contributed by atoms with van der Waals surface area (Å²) in [6, 6.07) is -0.101. The molecule has 6 nitrogen and oxygen atoms in total. The summed E-state index contributed by atoms with van der Waals surface area (Å²) in [4.78, 5) is 24.4. The topological polar surface area (TPSA) is 77.3 Å². The van der Waals surface area contributed by atoms with Crippen LogP contribution in [0, 0.1) is 5.92 Å². The molecule has 0 aromatic rings. The van der Waals surface area contributed by atoms with Crippen molar-refractivity contribution < 1.29 is 18.7 Å². The van der Waals surface area contributed by atoms with Gasteiger partial charge in [-0.3, -0.25) is 14.8 Å². The smallest absolute Gasteiger partial charge is 0.242 e. The van der Waals surface area contributed by atoms with E-state index in [0.29, 0.717) is 44.0 Å². The summed E-state index contributed by atoms with van der Waals surface area (Å²) >= 11 is 1.76. The predicted molar refractivity (Wildman–Crippen MR) is 156 cm³/mol. The van der Waals surface area contributed by atoms with Gasteiger partial charge in [0.25, 0.3) is 0 Å². The van der Waals surface area contributed by atoms with Gasteiger partial charge in [0.1, 0.15) is 5.84 Å². The third kappa shape index (κ3) is 9.63. The van der Waals surface area contributed by atoms with Crippen molar-refractivity contribution in [1.29, 1.82) is 0 Å². The highest BCUT2D eigenvalue weighted by Gasteiger charge is 2.39. The molecule has 0 spiro atoms. The summed E-state index contributed by atoms with van der Waals surface area (Å²) in [7, 11) is 1.67. The minimum Gasteiger partial charge on any atom is -0.393 e. The lowest BCUT2D eigenvalue weighted by molar-refractivity contribution is -0.122. The summed E-state index contributed by atoms with van der Waals surface area (Å²) in [5.41, 5.74) is 2.63. The molecule has 2 N–H and O–H groups in total. The lowest BCUT2D eigenvalue weighted by Crippen LogP contribution is -2.44. The van der Waals surface area contributed by atoms with E-state index >= 15 is 0 Å². The average Bonchev–Trinajstić information content (AvgIpc) is 3.32. The largest absolute Gasteiger partial charge is 0.393 e. The number of alkyl halides is 2. The number of aliphatic imine (C=N–C) groups is 2. The molecule has 0 aromatic carbocycles. The quantitative estimate of drug-likeness (QED) is 0.226. The second kappa shape index (κ2) is 16.9. The second-order valence-electron chi connectivity index (χ2n) is 10.1. The highest BCUT2D eigenvalue weighted by atomic mass is 32.2. The number of amides is 1. The van der Waals surface area contributed by atoms with Crippen molar-refractivity contribution in [1.82, 2.24) is 10.2 Å². The molecule has 0 aliphatic carbocycles. The van der Waals surface area contributed by atoms with E-state index in [2.05, 4.69) is 41.4 Å². The Kier molecular flexibility index (Phi) is 14.3. The van der Waals surface area contributed by atoms with Crippen molar-refractivity contribution in [3.63, 3.8) is 0 Å². The van der Waals surface area contributed by atoms with Crippen LogP contribution < -0.4 is 5.32 Å². The number of thioether (sulfide) groups is 1. The van der Waals surface area contributed by atoms with Crippen LogP contribution in [0.25, 0.3) is 0 Å². The molecule has 1 saturated heterocycles. The summed E-state index contributed by atoms with van der Waals surface area (Å²) in [6.45, 7) is 9.53. The first kappa shape index (κ1) is 32.2. The zero-order chi connectivity index (χ0) is 28.1. The fourth-order valence-electron chi connectivity index (χ4n) is 4.76. The molecule has 38 heavy (non-hydrogen) atoms. The van der Waals surface area contributed by atoms with Crippen molar-refractivity contribution in [3.05, 3.63) is 34.9 Å². The summed E-state index contributed by atoms with van der Waals surface area (Å²) < 4.78 is 25.5. The molecular formula is C29H46F2N4O2S. The molecule has 4 atom stereocenters. The van der Waals surface area contributed by atoms with Gasteiger partial charge in [-0.05, 0) is 37.2 Å². The van der Waals surface area contributed by atoms with Gasteiger partial charge in [0.15, 0.2) is 0 Å². The number of aliphatic hydroxyl groups is 1. The van der Waals surface area contributed by atoms with Crippen LogP contribution in [-0.2, 0) is 4.79 Å². The van der Waals surface area contributed by atoms with Gasteiger partial charge in [-0.25, -0.2) is 8.78 Å². The number of carbonyl (C=O) groups is 1. The highest BCUT2D eigenvalue weighted by molar-refractivity contribution is 8.03. The summed E-state index contributed by atoms with van der Waals surface area (Å²) in [6.07, 6.45) is 7.06. The Morgan fingerprint density at radius 1 is 1.34 bits per heavy atom. The molecule has 0 aromatic heterocycles. The molecule has 4 unspecified atom stereocenters. The monoisotopic (exact) mass is 552 g/mol. The number of hydrogen-bond donors (Lipinski definition) is 2. The van der Waals surface area contributed by atoms with Gasteiger partial charge in [-0.1, -0.05) is 52.2 Å². The Morgan fingerprint density at radius 2 is 2.11 bits per heavy atom. The number of hydrogen-bond acceptors (Lipinski definition) is 6. The number of allylic oxidation sites excluding steroid dienone is 3.